The van der Waals surface area contributed by atoms with Gasteiger partial charge < -0.3 is 10.0 Å². The fraction of sp³-hybridized carbons (Fsp3) is 0.235. The minimum atomic E-state index is -0.788. The maximum atomic E-state index is 10.9. The van der Waals surface area contributed by atoms with Crippen LogP contribution >= 0.6 is 11.6 Å². The summed E-state index contributed by atoms with van der Waals surface area (Å²) < 4.78 is 0. The van der Waals surface area contributed by atoms with Crippen LogP contribution in [-0.2, 0) is 11.3 Å². The summed E-state index contributed by atoms with van der Waals surface area (Å²) in [5.41, 5.74) is 3.29. The Kier molecular flexibility index (Phi) is 5.23. The number of rotatable bonds is 6. The molecule has 3 nitrogen and oxygen atoms in total. The number of anilines is 1. The summed E-state index contributed by atoms with van der Waals surface area (Å²) >= 11 is 5.90. The summed E-state index contributed by atoms with van der Waals surface area (Å²) in [7, 11) is 0. The minimum Gasteiger partial charge on any atom is -0.481 e. The molecule has 0 saturated carbocycles. The molecule has 0 atom stereocenters. The lowest BCUT2D eigenvalue weighted by Crippen LogP contribution is -2.25. The monoisotopic (exact) mass is 303 g/mol. The van der Waals surface area contributed by atoms with Gasteiger partial charge in [-0.3, -0.25) is 4.79 Å². The van der Waals surface area contributed by atoms with Crippen molar-refractivity contribution >= 4 is 23.3 Å². The van der Waals surface area contributed by atoms with Gasteiger partial charge in [-0.15, -0.1) is 0 Å². The number of hydrogen-bond acceptors (Lipinski definition) is 2. The SMILES string of the molecule is Cc1cccc(N(CCC(=O)O)Cc2ccc(Cl)cc2)c1. The molecule has 4 heteroatoms. The number of aliphatic carboxylic acids is 1. The predicted octanol–water partition coefficient (Wildman–Crippen LogP) is 4.13. The fourth-order valence-corrected chi connectivity index (χ4v) is 2.29. The van der Waals surface area contributed by atoms with Crippen LogP contribution in [0, 0.1) is 6.92 Å². The second kappa shape index (κ2) is 7.14. The molecule has 0 radical (unpaired) electrons. The van der Waals surface area contributed by atoms with Gasteiger partial charge in [0.25, 0.3) is 0 Å². The van der Waals surface area contributed by atoms with Crippen LogP contribution in [0.4, 0.5) is 5.69 Å². The van der Waals surface area contributed by atoms with Gasteiger partial charge in [0.15, 0.2) is 0 Å². The van der Waals surface area contributed by atoms with Crippen molar-refractivity contribution in [3.05, 3.63) is 64.7 Å². The highest BCUT2D eigenvalue weighted by molar-refractivity contribution is 6.30. The summed E-state index contributed by atoms with van der Waals surface area (Å²) in [5.74, 6) is -0.788. The van der Waals surface area contributed by atoms with Gasteiger partial charge in [0, 0.05) is 23.8 Å². The number of nitrogens with zero attached hydrogens (tertiary/aromatic N) is 1. The number of carboxylic acid groups (broad SMARTS) is 1. The normalized spacial score (nSPS) is 10.4. The fourth-order valence-electron chi connectivity index (χ4n) is 2.16. The maximum Gasteiger partial charge on any atom is 0.305 e. The molecule has 0 aromatic heterocycles. The second-order valence-electron chi connectivity index (χ2n) is 5.03. The Morgan fingerprint density at radius 3 is 2.52 bits per heavy atom. The van der Waals surface area contributed by atoms with Gasteiger partial charge >= 0.3 is 5.97 Å². The zero-order chi connectivity index (χ0) is 15.2. The zero-order valence-electron chi connectivity index (χ0n) is 11.9. The average Bonchev–Trinajstić information content (AvgIpc) is 2.45. The van der Waals surface area contributed by atoms with E-state index in [1.807, 2.05) is 49.4 Å². The molecule has 2 aromatic carbocycles. The third-order valence-electron chi connectivity index (χ3n) is 3.25. The zero-order valence-corrected chi connectivity index (χ0v) is 12.7. The summed E-state index contributed by atoms with van der Waals surface area (Å²) in [6.45, 7) is 3.16. The highest BCUT2D eigenvalue weighted by Gasteiger charge is 2.10. The Morgan fingerprint density at radius 1 is 1.19 bits per heavy atom. The topological polar surface area (TPSA) is 40.5 Å². The van der Waals surface area contributed by atoms with Crippen LogP contribution < -0.4 is 4.90 Å². The lowest BCUT2D eigenvalue weighted by molar-refractivity contribution is -0.136. The maximum absolute atomic E-state index is 10.9. The van der Waals surface area contributed by atoms with Gasteiger partial charge in [0.2, 0.25) is 0 Å². The van der Waals surface area contributed by atoms with Crippen LogP contribution in [-0.4, -0.2) is 17.6 Å². The van der Waals surface area contributed by atoms with E-state index in [1.165, 1.54) is 0 Å². The van der Waals surface area contributed by atoms with E-state index in [0.717, 1.165) is 16.8 Å². The number of benzene rings is 2. The molecule has 0 amide bonds. The van der Waals surface area contributed by atoms with Gasteiger partial charge in [-0.1, -0.05) is 35.9 Å². The smallest absolute Gasteiger partial charge is 0.305 e. The molecule has 0 spiro atoms. The lowest BCUT2D eigenvalue weighted by atomic mass is 10.1. The van der Waals surface area contributed by atoms with E-state index in [4.69, 9.17) is 16.7 Å². The first-order valence-electron chi connectivity index (χ1n) is 6.82. The van der Waals surface area contributed by atoms with Gasteiger partial charge in [0.05, 0.1) is 6.42 Å². The van der Waals surface area contributed by atoms with Crippen molar-refractivity contribution < 1.29 is 9.90 Å². The van der Waals surface area contributed by atoms with E-state index >= 15 is 0 Å². The molecule has 0 unspecified atom stereocenters. The van der Waals surface area contributed by atoms with Crippen molar-refractivity contribution in [1.29, 1.82) is 0 Å². The van der Waals surface area contributed by atoms with Gasteiger partial charge in [-0.05, 0) is 42.3 Å². The second-order valence-corrected chi connectivity index (χ2v) is 5.47. The highest BCUT2D eigenvalue weighted by Crippen LogP contribution is 2.20. The number of hydrogen-bond donors (Lipinski definition) is 1. The average molecular weight is 304 g/mol. The van der Waals surface area contributed by atoms with Crippen LogP contribution in [0.25, 0.3) is 0 Å². The Hall–Kier alpha value is -2.00. The Bertz CT molecular complexity index is 610. The van der Waals surface area contributed by atoms with E-state index in [-0.39, 0.29) is 6.42 Å². The number of carbonyl (C=O) groups is 1. The van der Waals surface area contributed by atoms with Crippen molar-refractivity contribution in [2.45, 2.75) is 19.9 Å². The van der Waals surface area contributed by atoms with Crippen LogP contribution in [0.1, 0.15) is 17.5 Å². The van der Waals surface area contributed by atoms with E-state index < -0.39 is 5.97 Å². The van der Waals surface area contributed by atoms with Gasteiger partial charge in [-0.25, -0.2) is 0 Å². The standard InChI is InChI=1S/C17H18ClNO2/c1-13-3-2-4-16(11-13)19(10-9-17(20)21)12-14-5-7-15(18)8-6-14/h2-8,11H,9-10,12H2,1H3,(H,20,21). The van der Waals surface area contributed by atoms with Gasteiger partial charge in [0.1, 0.15) is 0 Å². The molecule has 21 heavy (non-hydrogen) atoms. The molecule has 0 heterocycles. The molecule has 0 fully saturated rings. The minimum absolute atomic E-state index is 0.113. The summed E-state index contributed by atoms with van der Waals surface area (Å²) in [5, 5.41) is 9.62. The summed E-state index contributed by atoms with van der Waals surface area (Å²) in [6.07, 6.45) is 0.113. The van der Waals surface area contributed by atoms with E-state index in [9.17, 15) is 4.79 Å². The molecule has 2 rings (SSSR count). The summed E-state index contributed by atoms with van der Waals surface area (Å²) in [6, 6.07) is 15.7. The molecular formula is C17H18ClNO2. The molecular weight excluding hydrogens is 286 g/mol. The lowest BCUT2D eigenvalue weighted by Gasteiger charge is -2.25. The number of carboxylic acids is 1. The number of aryl methyl sites for hydroxylation is 1. The molecule has 0 aliphatic carbocycles. The Labute approximate surface area is 129 Å². The first kappa shape index (κ1) is 15.4. The van der Waals surface area contributed by atoms with E-state index in [2.05, 4.69) is 11.0 Å². The molecule has 1 N–H and O–H groups in total. The molecule has 0 bridgehead atoms. The van der Waals surface area contributed by atoms with Crippen LogP contribution in [0.2, 0.25) is 5.02 Å². The first-order valence-corrected chi connectivity index (χ1v) is 7.20. The third kappa shape index (κ3) is 4.80. The van der Waals surface area contributed by atoms with Crippen LogP contribution in [0.5, 0.6) is 0 Å². The third-order valence-corrected chi connectivity index (χ3v) is 3.50. The van der Waals surface area contributed by atoms with Crippen molar-refractivity contribution in [3.63, 3.8) is 0 Å². The van der Waals surface area contributed by atoms with E-state index in [0.29, 0.717) is 18.1 Å². The van der Waals surface area contributed by atoms with Crippen molar-refractivity contribution in [3.8, 4) is 0 Å². The van der Waals surface area contributed by atoms with E-state index in [1.54, 1.807) is 0 Å². The quantitative estimate of drug-likeness (QED) is 0.872. The molecule has 110 valence electrons. The molecule has 0 aliphatic heterocycles. The predicted molar refractivity (Wildman–Crippen MR) is 85.9 cm³/mol. The molecule has 0 aliphatic rings. The largest absolute Gasteiger partial charge is 0.481 e. The Balaban J connectivity index is 2.19. The van der Waals surface area contributed by atoms with Gasteiger partial charge in [-0.2, -0.15) is 0 Å². The van der Waals surface area contributed by atoms with Crippen molar-refractivity contribution in [2.24, 2.45) is 0 Å². The Morgan fingerprint density at radius 2 is 1.90 bits per heavy atom. The van der Waals surface area contributed by atoms with Crippen LogP contribution in [0.15, 0.2) is 48.5 Å². The van der Waals surface area contributed by atoms with Crippen LogP contribution in [0.3, 0.4) is 0 Å². The molecule has 0 saturated heterocycles. The first-order chi connectivity index (χ1) is 10.0. The van der Waals surface area contributed by atoms with Crippen molar-refractivity contribution in [2.75, 3.05) is 11.4 Å². The number of halogens is 1. The molecule has 2 aromatic rings. The highest BCUT2D eigenvalue weighted by atomic mass is 35.5. The van der Waals surface area contributed by atoms with Crippen molar-refractivity contribution in [1.82, 2.24) is 0 Å². The summed E-state index contributed by atoms with van der Waals surface area (Å²) in [4.78, 5) is 12.9.